The molecule has 8 aromatic rings. The van der Waals surface area contributed by atoms with Gasteiger partial charge in [-0.2, -0.15) is 0 Å². The predicted molar refractivity (Wildman–Crippen MR) is 189 cm³/mol. The Kier molecular flexibility index (Phi) is 8.30. The molecule has 0 saturated heterocycles. The van der Waals surface area contributed by atoms with Crippen LogP contribution in [0.4, 0.5) is 11.4 Å². The monoisotopic (exact) mass is 786 g/mol. The van der Waals surface area contributed by atoms with Gasteiger partial charge in [0.2, 0.25) is 0 Å². The van der Waals surface area contributed by atoms with E-state index < -0.39 is 0 Å². The van der Waals surface area contributed by atoms with Gasteiger partial charge in [0, 0.05) is 69.5 Å². The molecule has 0 amide bonds. The summed E-state index contributed by atoms with van der Waals surface area (Å²) in [5.41, 5.74) is 12.4. The first kappa shape index (κ1) is 29.8. The van der Waals surface area contributed by atoms with Gasteiger partial charge in [-0.3, -0.25) is 0 Å². The third kappa shape index (κ3) is 5.43. The van der Waals surface area contributed by atoms with E-state index in [0.717, 1.165) is 33.9 Å². The average molecular weight is 786 g/mol. The number of rotatable bonds is 2. The summed E-state index contributed by atoms with van der Waals surface area (Å²) in [6.45, 7) is 2.26. The van der Waals surface area contributed by atoms with Crippen molar-refractivity contribution in [1.29, 1.82) is 0 Å². The molecule has 2 bridgehead atoms. The third-order valence-corrected chi connectivity index (χ3v) is 9.43. The molecule has 4 heterocycles. The summed E-state index contributed by atoms with van der Waals surface area (Å²) in [6, 6.07) is 50.3. The van der Waals surface area contributed by atoms with Crippen molar-refractivity contribution in [2.75, 3.05) is 5.32 Å². The number of nitrogens with zero attached hydrogens (tertiary/aromatic N) is 2. The van der Waals surface area contributed by atoms with Crippen LogP contribution in [0.15, 0.2) is 140 Å². The van der Waals surface area contributed by atoms with Crippen LogP contribution in [0.25, 0.3) is 64.9 Å². The van der Waals surface area contributed by atoms with E-state index in [0.29, 0.717) is 0 Å². The quantitative estimate of drug-likeness (QED) is 0.177. The number of anilines is 2. The minimum Gasteiger partial charge on any atom is -0.394 e. The molecule has 1 radical (unpaired) electrons. The number of aromatic nitrogens is 2. The molecule has 5 aromatic carbocycles. The Morgan fingerprint density at radius 1 is 0.609 bits per heavy atom. The fourth-order valence-corrected chi connectivity index (χ4v) is 7.37. The molecular weight excluding hydrogens is 759 g/mol. The summed E-state index contributed by atoms with van der Waals surface area (Å²) in [5, 5.41) is 6.35. The van der Waals surface area contributed by atoms with Crippen LogP contribution in [-0.2, 0) is 20.1 Å². The first-order valence-corrected chi connectivity index (χ1v) is 15.7. The van der Waals surface area contributed by atoms with Crippen molar-refractivity contribution in [2.45, 2.75) is 6.92 Å². The molecule has 0 atom stereocenters. The zero-order valence-corrected chi connectivity index (χ0v) is 28.1. The van der Waals surface area contributed by atoms with Gasteiger partial charge < -0.3 is 15.3 Å². The van der Waals surface area contributed by atoms with Gasteiger partial charge in [-0.05, 0) is 65.5 Å². The van der Waals surface area contributed by atoms with E-state index in [1.807, 2.05) is 78.2 Å². The molecule has 0 aliphatic carbocycles. The fraction of sp³-hybridized carbons (Fsp3) is 0.0244. The first-order chi connectivity index (χ1) is 22.2. The first-order valence-electron chi connectivity index (χ1n) is 14.9. The van der Waals surface area contributed by atoms with Gasteiger partial charge in [-0.25, -0.2) is 0 Å². The zero-order chi connectivity index (χ0) is 30.2. The molecule has 1 N–H and O–H groups in total. The molecule has 46 heavy (non-hydrogen) atoms. The summed E-state index contributed by atoms with van der Waals surface area (Å²) in [4.78, 5) is 8.78. The Morgan fingerprint density at radius 3 is 2.09 bits per heavy atom. The van der Waals surface area contributed by atoms with Gasteiger partial charge in [0.1, 0.15) is 0 Å². The molecule has 1 aliphatic heterocycles. The van der Waals surface area contributed by atoms with Crippen molar-refractivity contribution in [3.63, 3.8) is 0 Å². The Balaban J connectivity index is 0.000000220. The fourth-order valence-electron chi connectivity index (χ4n) is 6.07. The van der Waals surface area contributed by atoms with Crippen molar-refractivity contribution < 1.29 is 20.1 Å². The van der Waals surface area contributed by atoms with E-state index in [-0.39, 0.29) is 20.1 Å². The Hall–Kier alpha value is -4.93. The Bertz CT molecular complexity index is 2260. The van der Waals surface area contributed by atoms with E-state index in [1.165, 1.54) is 48.0 Å². The topological polar surface area (TPSA) is 37.8 Å². The van der Waals surface area contributed by atoms with Gasteiger partial charge in [-0.1, -0.05) is 66.2 Å². The van der Waals surface area contributed by atoms with Crippen LogP contribution in [-0.4, -0.2) is 9.97 Å². The molecule has 0 spiro atoms. The summed E-state index contributed by atoms with van der Waals surface area (Å²) in [5.74, 6) is 0. The maximum atomic E-state index is 4.56. The molecule has 3 aromatic heterocycles. The summed E-state index contributed by atoms with van der Waals surface area (Å²) >= 11 is 1.89. The molecule has 0 fully saturated rings. The molecule has 5 heteroatoms. The van der Waals surface area contributed by atoms with Gasteiger partial charge >= 0.3 is 0 Å². The largest absolute Gasteiger partial charge is 0.394 e. The average Bonchev–Trinajstić information content (AvgIpc) is 3.48. The van der Waals surface area contributed by atoms with Gasteiger partial charge in [0.05, 0.1) is 0 Å². The number of hydrogen-bond acceptors (Lipinski definition) is 4. The summed E-state index contributed by atoms with van der Waals surface area (Å²) in [6.07, 6.45) is 3.62. The molecular formula is C41H27IrN3S-2. The van der Waals surface area contributed by atoms with E-state index in [1.54, 1.807) is 6.20 Å². The zero-order valence-electron chi connectivity index (χ0n) is 24.9. The maximum Gasteiger partial charge on any atom is 0.0437 e. The van der Waals surface area contributed by atoms with E-state index in [4.69, 9.17) is 0 Å². The predicted octanol–water partition coefficient (Wildman–Crippen LogP) is 11.2. The van der Waals surface area contributed by atoms with Crippen LogP contribution in [0.3, 0.4) is 0 Å². The Labute approximate surface area is 286 Å². The van der Waals surface area contributed by atoms with Crippen LogP contribution < -0.4 is 5.32 Å². The normalized spacial score (nSPS) is 11.2. The summed E-state index contributed by atoms with van der Waals surface area (Å²) < 4.78 is 2.67. The summed E-state index contributed by atoms with van der Waals surface area (Å²) in [7, 11) is 0. The SMILES string of the molecule is Cc1c2cc3c(sc4ccccc43)c1-c1ccccc1Nc1c[c-]c(-c3ccccn3)cc1-2.[Ir].[c-]1ccccc1-c1ccccn1. The molecule has 0 unspecified atom stereocenters. The second-order valence-electron chi connectivity index (χ2n) is 10.9. The van der Waals surface area contributed by atoms with Crippen LogP contribution in [0.5, 0.6) is 0 Å². The van der Waals surface area contributed by atoms with Crippen LogP contribution in [0, 0.1) is 19.1 Å². The van der Waals surface area contributed by atoms with Crippen molar-refractivity contribution >= 4 is 42.9 Å². The van der Waals surface area contributed by atoms with Crippen LogP contribution in [0.2, 0.25) is 0 Å². The van der Waals surface area contributed by atoms with Crippen molar-refractivity contribution in [2.24, 2.45) is 0 Å². The van der Waals surface area contributed by atoms with Crippen LogP contribution in [0.1, 0.15) is 5.56 Å². The van der Waals surface area contributed by atoms with E-state index in [9.17, 15) is 0 Å². The second kappa shape index (κ2) is 12.8. The number of nitrogens with one attached hydrogen (secondary N) is 1. The Morgan fingerprint density at radius 2 is 1.33 bits per heavy atom. The minimum atomic E-state index is 0. The number of pyridine rings is 2. The number of hydrogen-bond donors (Lipinski definition) is 1. The standard InChI is InChI=1S/C30H19N2S.C11H8N.Ir/c1-18-22-17-24-20-8-3-5-12-28(20)33-30(24)29(18)21-9-2-4-11-26(21)32-27-14-13-19(16-23(22)27)25-10-6-7-15-31-25;1-2-6-10(7-3-1)11-8-4-5-9-12-11;/h2-12,14-17,32H,1H3;1-6,8-9H;/q2*-1;. The number of para-hydroxylation sites is 1. The number of thiophene rings is 1. The van der Waals surface area contributed by atoms with Crippen molar-refractivity contribution in [3.05, 3.63) is 157 Å². The molecule has 9 rings (SSSR count). The molecule has 0 saturated carbocycles. The van der Waals surface area contributed by atoms with Crippen molar-refractivity contribution in [1.82, 2.24) is 9.97 Å². The minimum absolute atomic E-state index is 0. The van der Waals surface area contributed by atoms with Gasteiger partial charge in [0.25, 0.3) is 0 Å². The van der Waals surface area contributed by atoms with Crippen molar-refractivity contribution in [3.8, 4) is 44.8 Å². The number of benzene rings is 5. The van der Waals surface area contributed by atoms with E-state index >= 15 is 0 Å². The molecule has 223 valence electrons. The van der Waals surface area contributed by atoms with Gasteiger partial charge in [0.15, 0.2) is 0 Å². The number of fused-ring (bicyclic) bond motifs is 10. The second-order valence-corrected chi connectivity index (χ2v) is 12.0. The van der Waals surface area contributed by atoms with Crippen LogP contribution >= 0.6 is 11.3 Å². The smallest absolute Gasteiger partial charge is 0.0437 e. The maximum absolute atomic E-state index is 4.56. The molecule has 1 aliphatic rings. The van der Waals surface area contributed by atoms with Gasteiger partial charge in [-0.15, -0.1) is 71.0 Å². The molecule has 3 nitrogen and oxygen atoms in total. The third-order valence-electron chi connectivity index (χ3n) is 8.23. The van der Waals surface area contributed by atoms with E-state index in [2.05, 4.69) is 101 Å².